The molecular formula is C15H14BrCl2NS. The topological polar surface area (TPSA) is 12.0 Å². The Morgan fingerprint density at radius 2 is 1.85 bits per heavy atom. The van der Waals surface area contributed by atoms with Crippen LogP contribution >= 0.6 is 50.9 Å². The van der Waals surface area contributed by atoms with Crippen LogP contribution in [0.25, 0.3) is 0 Å². The molecule has 5 heteroatoms. The lowest BCUT2D eigenvalue weighted by Crippen LogP contribution is -2.13. The van der Waals surface area contributed by atoms with Gasteiger partial charge in [-0.15, -0.1) is 0 Å². The van der Waals surface area contributed by atoms with E-state index < -0.39 is 0 Å². The summed E-state index contributed by atoms with van der Waals surface area (Å²) in [5, 5.41) is 4.43. The predicted octanol–water partition coefficient (Wildman–Crippen LogP) is 6.19. The maximum atomic E-state index is 6.07. The minimum absolute atomic E-state index is 0.276. The van der Waals surface area contributed by atoms with Crippen molar-refractivity contribution in [1.29, 1.82) is 0 Å². The molecule has 0 radical (unpaired) electrons. The molecule has 2 aromatic carbocycles. The van der Waals surface area contributed by atoms with Gasteiger partial charge in [0.15, 0.2) is 0 Å². The van der Waals surface area contributed by atoms with Crippen molar-refractivity contribution in [2.75, 3.05) is 7.05 Å². The summed E-state index contributed by atoms with van der Waals surface area (Å²) >= 11 is 17.2. The molecule has 0 heterocycles. The van der Waals surface area contributed by atoms with E-state index in [4.69, 9.17) is 23.2 Å². The Labute approximate surface area is 142 Å². The lowest BCUT2D eigenvalue weighted by molar-refractivity contribution is 0.641. The SMILES string of the molecule is CNC(C)c1cc(Br)ccc1Sc1ccc(Cl)c(Cl)c1. The lowest BCUT2D eigenvalue weighted by Gasteiger charge is -2.16. The minimum Gasteiger partial charge on any atom is -0.313 e. The fourth-order valence-corrected chi connectivity index (χ4v) is 3.57. The smallest absolute Gasteiger partial charge is 0.0603 e. The number of hydrogen-bond acceptors (Lipinski definition) is 2. The van der Waals surface area contributed by atoms with Gasteiger partial charge in [0.25, 0.3) is 0 Å². The third-order valence-corrected chi connectivity index (χ3v) is 5.30. The van der Waals surface area contributed by atoms with Gasteiger partial charge in [-0.3, -0.25) is 0 Å². The van der Waals surface area contributed by atoms with E-state index in [9.17, 15) is 0 Å². The average molecular weight is 391 g/mol. The monoisotopic (exact) mass is 389 g/mol. The highest BCUT2D eigenvalue weighted by Crippen LogP contribution is 2.37. The standard InChI is InChI=1S/C15H14BrCl2NS/c1-9(19-2)12-7-10(16)3-6-15(12)20-11-4-5-13(17)14(18)8-11/h3-9,19H,1-2H3. The number of hydrogen-bond donors (Lipinski definition) is 1. The Morgan fingerprint density at radius 1 is 1.10 bits per heavy atom. The van der Waals surface area contributed by atoms with Crippen LogP contribution < -0.4 is 5.32 Å². The van der Waals surface area contributed by atoms with Crippen LogP contribution in [-0.2, 0) is 0 Å². The van der Waals surface area contributed by atoms with Crippen LogP contribution in [0.15, 0.2) is 50.7 Å². The second-order valence-corrected chi connectivity index (χ2v) is 7.22. The van der Waals surface area contributed by atoms with Crippen LogP contribution in [0, 0.1) is 0 Å². The number of rotatable bonds is 4. The molecule has 20 heavy (non-hydrogen) atoms. The van der Waals surface area contributed by atoms with E-state index in [1.807, 2.05) is 31.3 Å². The molecule has 1 atom stereocenters. The first-order valence-corrected chi connectivity index (χ1v) is 8.47. The quantitative estimate of drug-likeness (QED) is 0.667. The van der Waals surface area contributed by atoms with E-state index in [1.54, 1.807) is 11.8 Å². The van der Waals surface area contributed by atoms with Gasteiger partial charge in [-0.05, 0) is 55.9 Å². The highest BCUT2D eigenvalue weighted by atomic mass is 79.9. The zero-order chi connectivity index (χ0) is 14.7. The van der Waals surface area contributed by atoms with Crippen molar-refractivity contribution in [1.82, 2.24) is 5.32 Å². The van der Waals surface area contributed by atoms with Crippen molar-refractivity contribution in [3.63, 3.8) is 0 Å². The van der Waals surface area contributed by atoms with Crippen LogP contribution in [0.4, 0.5) is 0 Å². The first kappa shape index (κ1) is 16.2. The number of benzene rings is 2. The molecule has 0 bridgehead atoms. The largest absolute Gasteiger partial charge is 0.313 e. The van der Waals surface area contributed by atoms with Gasteiger partial charge >= 0.3 is 0 Å². The second kappa shape index (κ2) is 7.19. The molecular weight excluding hydrogens is 377 g/mol. The third-order valence-electron chi connectivity index (χ3n) is 2.99. The Bertz CT molecular complexity index is 619. The normalized spacial score (nSPS) is 12.4. The van der Waals surface area contributed by atoms with Gasteiger partial charge in [0.1, 0.15) is 0 Å². The van der Waals surface area contributed by atoms with Crippen molar-refractivity contribution in [2.45, 2.75) is 22.8 Å². The molecule has 0 aliphatic rings. The summed E-state index contributed by atoms with van der Waals surface area (Å²) in [7, 11) is 1.96. The molecule has 1 nitrogen and oxygen atoms in total. The van der Waals surface area contributed by atoms with E-state index in [1.165, 1.54) is 10.5 Å². The molecule has 1 unspecified atom stereocenters. The van der Waals surface area contributed by atoms with E-state index in [0.29, 0.717) is 10.0 Å². The van der Waals surface area contributed by atoms with Crippen molar-refractivity contribution in [2.24, 2.45) is 0 Å². The Hall–Kier alpha value is -0.190. The zero-order valence-corrected chi connectivity index (χ0v) is 15.0. The first-order chi connectivity index (χ1) is 9.51. The van der Waals surface area contributed by atoms with Crippen LogP contribution in [-0.4, -0.2) is 7.05 Å². The third kappa shape index (κ3) is 3.92. The van der Waals surface area contributed by atoms with Gasteiger partial charge in [-0.2, -0.15) is 0 Å². The number of nitrogens with one attached hydrogen (secondary N) is 1. The molecule has 0 saturated heterocycles. The molecule has 0 aliphatic heterocycles. The van der Waals surface area contributed by atoms with Crippen LogP contribution in [0.1, 0.15) is 18.5 Å². The lowest BCUT2D eigenvalue weighted by atomic mass is 10.1. The van der Waals surface area contributed by atoms with Crippen LogP contribution in [0.5, 0.6) is 0 Å². The van der Waals surface area contributed by atoms with Gasteiger partial charge in [0.05, 0.1) is 10.0 Å². The summed E-state index contributed by atoms with van der Waals surface area (Å²) in [5.74, 6) is 0. The summed E-state index contributed by atoms with van der Waals surface area (Å²) in [6.07, 6.45) is 0. The van der Waals surface area contributed by atoms with Gasteiger partial charge in [-0.25, -0.2) is 0 Å². The van der Waals surface area contributed by atoms with E-state index in [-0.39, 0.29) is 6.04 Å². The van der Waals surface area contributed by atoms with Gasteiger partial charge < -0.3 is 5.32 Å². The maximum Gasteiger partial charge on any atom is 0.0603 e. The van der Waals surface area contributed by atoms with E-state index in [2.05, 4.69) is 40.3 Å². The second-order valence-electron chi connectivity index (χ2n) is 4.37. The fourth-order valence-electron chi connectivity index (χ4n) is 1.77. The summed E-state index contributed by atoms with van der Waals surface area (Å²) in [6, 6.07) is 12.3. The van der Waals surface area contributed by atoms with Gasteiger partial charge in [0, 0.05) is 20.3 Å². The van der Waals surface area contributed by atoms with Crippen molar-refractivity contribution in [3.8, 4) is 0 Å². The summed E-state index contributed by atoms with van der Waals surface area (Å²) in [4.78, 5) is 2.28. The molecule has 0 spiro atoms. The van der Waals surface area contributed by atoms with Crippen molar-refractivity contribution in [3.05, 3.63) is 56.5 Å². The highest BCUT2D eigenvalue weighted by molar-refractivity contribution is 9.10. The summed E-state index contributed by atoms with van der Waals surface area (Å²) < 4.78 is 1.08. The van der Waals surface area contributed by atoms with E-state index in [0.717, 1.165) is 9.37 Å². The molecule has 0 aliphatic carbocycles. The molecule has 2 aromatic rings. The molecule has 0 saturated carbocycles. The van der Waals surface area contributed by atoms with Gasteiger partial charge in [0.2, 0.25) is 0 Å². The van der Waals surface area contributed by atoms with Crippen molar-refractivity contribution < 1.29 is 0 Å². The van der Waals surface area contributed by atoms with Crippen molar-refractivity contribution >= 4 is 50.9 Å². The maximum absolute atomic E-state index is 6.07. The predicted molar refractivity (Wildman–Crippen MR) is 92.2 cm³/mol. The Kier molecular flexibility index (Phi) is 5.82. The minimum atomic E-state index is 0.276. The molecule has 0 fully saturated rings. The zero-order valence-electron chi connectivity index (χ0n) is 11.1. The first-order valence-electron chi connectivity index (χ1n) is 6.11. The van der Waals surface area contributed by atoms with Crippen LogP contribution in [0.2, 0.25) is 10.0 Å². The molecule has 0 amide bonds. The summed E-state index contributed by atoms with van der Waals surface area (Å²) in [6.45, 7) is 2.14. The fraction of sp³-hybridized carbons (Fsp3) is 0.200. The highest BCUT2D eigenvalue weighted by Gasteiger charge is 2.11. The molecule has 106 valence electrons. The van der Waals surface area contributed by atoms with E-state index >= 15 is 0 Å². The number of halogens is 3. The average Bonchev–Trinajstić information content (AvgIpc) is 2.44. The van der Waals surface area contributed by atoms with Crippen LogP contribution in [0.3, 0.4) is 0 Å². The summed E-state index contributed by atoms with van der Waals surface area (Å²) in [5.41, 5.74) is 1.25. The Balaban J connectivity index is 2.35. The molecule has 2 rings (SSSR count). The molecule has 0 aromatic heterocycles. The molecule has 1 N–H and O–H groups in total. The van der Waals surface area contributed by atoms with Gasteiger partial charge in [-0.1, -0.05) is 50.9 Å². The Morgan fingerprint density at radius 3 is 2.50 bits per heavy atom.